The molecule has 1 fully saturated rings. The van der Waals surface area contributed by atoms with Crippen molar-refractivity contribution in [1.82, 2.24) is 19.7 Å². The van der Waals surface area contributed by atoms with Crippen LogP contribution in [0.15, 0.2) is 12.5 Å². The molecule has 1 atom stereocenters. The van der Waals surface area contributed by atoms with Crippen molar-refractivity contribution in [2.24, 2.45) is 5.92 Å². The molecule has 0 radical (unpaired) electrons. The Kier molecular flexibility index (Phi) is 3.56. The normalized spacial score (nSPS) is 19.1. The Morgan fingerprint density at radius 1 is 1.47 bits per heavy atom. The van der Waals surface area contributed by atoms with E-state index >= 15 is 0 Å². The van der Waals surface area contributed by atoms with E-state index in [4.69, 9.17) is 9.84 Å². The molecular formula is C12H17N5O2. The predicted molar refractivity (Wildman–Crippen MR) is 69.8 cm³/mol. The number of rotatable bonds is 5. The van der Waals surface area contributed by atoms with Crippen LogP contribution in [0.4, 0.5) is 5.82 Å². The minimum atomic E-state index is 0.0446. The second kappa shape index (κ2) is 5.50. The van der Waals surface area contributed by atoms with E-state index in [-0.39, 0.29) is 6.61 Å². The molecular weight excluding hydrogens is 246 g/mol. The number of nitrogens with zero attached hydrogens (tertiary/aromatic N) is 4. The second-order valence-electron chi connectivity index (χ2n) is 4.66. The van der Waals surface area contributed by atoms with Crippen LogP contribution in [0.2, 0.25) is 0 Å². The van der Waals surface area contributed by atoms with Gasteiger partial charge in [-0.25, -0.2) is 14.6 Å². The topological polar surface area (TPSA) is 85.1 Å². The molecule has 0 saturated carbocycles. The Hall–Kier alpha value is -1.73. The van der Waals surface area contributed by atoms with Crippen LogP contribution in [0.25, 0.3) is 11.0 Å². The molecule has 0 spiro atoms. The SMILES string of the molecule is OCCn1ncc2c(NC[C@H]3CCOC3)ncnc21. The van der Waals surface area contributed by atoms with Crippen LogP contribution >= 0.6 is 0 Å². The predicted octanol–water partition coefficient (Wildman–Crippen LogP) is 0.267. The molecule has 0 aromatic carbocycles. The van der Waals surface area contributed by atoms with Crippen molar-refractivity contribution in [2.45, 2.75) is 13.0 Å². The van der Waals surface area contributed by atoms with Crippen molar-refractivity contribution in [3.63, 3.8) is 0 Å². The molecule has 3 heterocycles. The molecule has 1 saturated heterocycles. The van der Waals surface area contributed by atoms with Gasteiger partial charge in [0.15, 0.2) is 5.65 Å². The van der Waals surface area contributed by atoms with E-state index in [1.54, 1.807) is 10.9 Å². The van der Waals surface area contributed by atoms with Crippen LogP contribution in [-0.2, 0) is 11.3 Å². The van der Waals surface area contributed by atoms with Gasteiger partial charge in [-0.15, -0.1) is 0 Å². The van der Waals surface area contributed by atoms with Gasteiger partial charge in [0.1, 0.15) is 12.1 Å². The molecule has 0 bridgehead atoms. The molecule has 7 nitrogen and oxygen atoms in total. The fourth-order valence-electron chi connectivity index (χ4n) is 2.28. The standard InChI is InChI=1S/C12H17N5O2/c18-3-2-17-12-10(6-16-17)11(14-8-15-12)13-5-9-1-4-19-7-9/h6,8-9,18H,1-5,7H2,(H,13,14,15)/t9-/m1/s1. The van der Waals surface area contributed by atoms with Gasteiger partial charge in [-0.2, -0.15) is 5.10 Å². The minimum absolute atomic E-state index is 0.0446. The van der Waals surface area contributed by atoms with Crippen molar-refractivity contribution < 1.29 is 9.84 Å². The third-order valence-corrected chi connectivity index (χ3v) is 3.33. The lowest BCUT2D eigenvalue weighted by molar-refractivity contribution is 0.187. The number of aromatic nitrogens is 4. The summed E-state index contributed by atoms with van der Waals surface area (Å²) in [5.41, 5.74) is 0.745. The van der Waals surface area contributed by atoms with Gasteiger partial charge in [0.05, 0.1) is 31.3 Å². The monoisotopic (exact) mass is 263 g/mol. The number of ether oxygens (including phenoxy) is 1. The lowest BCUT2D eigenvalue weighted by atomic mass is 10.1. The molecule has 2 N–H and O–H groups in total. The average Bonchev–Trinajstić information content (AvgIpc) is 3.07. The molecule has 0 unspecified atom stereocenters. The Morgan fingerprint density at radius 3 is 3.21 bits per heavy atom. The number of aliphatic hydroxyl groups excluding tert-OH is 1. The molecule has 3 rings (SSSR count). The van der Waals surface area contributed by atoms with Gasteiger partial charge in [-0.3, -0.25) is 0 Å². The first-order valence-electron chi connectivity index (χ1n) is 6.47. The number of nitrogens with one attached hydrogen (secondary N) is 1. The lowest BCUT2D eigenvalue weighted by Gasteiger charge is -2.10. The van der Waals surface area contributed by atoms with Gasteiger partial charge in [0.2, 0.25) is 0 Å². The second-order valence-corrected chi connectivity index (χ2v) is 4.66. The highest BCUT2D eigenvalue weighted by Gasteiger charge is 2.16. The Balaban J connectivity index is 1.78. The zero-order valence-electron chi connectivity index (χ0n) is 10.6. The van der Waals surface area contributed by atoms with Gasteiger partial charge in [0, 0.05) is 19.1 Å². The van der Waals surface area contributed by atoms with Gasteiger partial charge >= 0.3 is 0 Å². The third-order valence-electron chi connectivity index (χ3n) is 3.33. The van der Waals surface area contributed by atoms with E-state index in [0.29, 0.717) is 12.5 Å². The van der Waals surface area contributed by atoms with Crippen LogP contribution in [0, 0.1) is 5.92 Å². The largest absolute Gasteiger partial charge is 0.394 e. The number of hydrogen-bond donors (Lipinski definition) is 2. The first-order chi connectivity index (χ1) is 9.38. The molecule has 19 heavy (non-hydrogen) atoms. The maximum Gasteiger partial charge on any atom is 0.163 e. The van der Waals surface area contributed by atoms with Crippen LogP contribution in [0.1, 0.15) is 6.42 Å². The first kappa shape index (κ1) is 12.3. The molecule has 2 aromatic rings. The van der Waals surface area contributed by atoms with Crippen molar-refractivity contribution in [3.05, 3.63) is 12.5 Å². The third kappa shape index (κ3) is 2.52. The minimum Gasteiger partial charge on any atom is -0.394 e. The van der Waals surface area contributed by atoms with E-state index in [1.807, 2.05) is 0 Å². The van der Waals surface area contributed by atoms with E-state index in [0.717, 1.165) is 43.0 Å². The summed E-state index contributed by atoms with van der Waals surface area (Å²) < 4.78 is 7.03. The summed E-state index contributed by atoms with van der Waals surface area (Å²) in [6, 6.07) is 0. The van der Waals surface area contributed by atoms with Crippen LogP contribution < -0.4 is 5.32 Å². The van der Waals surface area contributed by atoms with Gasteiger partial charge in [-0.1, -0.05) is 0 Å². The Bertz CT molecular complexity index is 550. The number of aliphatic hydroxyl groups is 1. The van der Waals surface area contributed by atoms with Crippen LogP contribution in [0.3, 0.4) is 0 Å². The van der Waals surface area contributed by atoms with Gasteiger partial charge in [-0.05, 0) is 6.42 Å². The molecule has 102 valence electrons. The molecule has 0 amide bonds. The van der Waals surface area contributed by atoms with Gasteiger partial charge < -0.3 is 15.2 Å². The van der Waals surface area contributed by atoms with E-state index < -0.39 is 0 Å². The summed E-state index contributed by atoms with van der Waals surface area (Å²) in [7, 11) is 0. The average molecular weight is 263 g/mol. The van der Waals surface area contributed by atoms with Crippen LogP contribution in [-0.4, -0.2) is 51.2 Å². The molecule has 7 heteroatoms. The Morgan fingerprint density at radius 2 is 2.42 bits per heavy atom. The van der Waals surface area contributed by atoms with Crippen molar-refractivity contribution in [3.8, 4) is 0 Å². The molecule has 0 aliphatic carbocycles. The maximum atomic E-state index is 8.98. The quantitative estimate of drug-likeness (QED) is 0.805. The number of hydrogen-bond acceptors (Lipinski definition) is 6. The summed E-state index contributed by atoms with van der Waals surface area (Å²) in [5, 5.41) is 17.4. The smallest absolute Gasteiger partial charge is 0.163 e. The molecule has 1 aliphatic heterocycles. The molecule has 1 aliphatic rings. The fraction of sp³-hybridized carbons (Fsp3) is 0.583. The summed E-state index contributed by atoms with van der Waals surface area (Å²) >= 11 is 0. The highest BCUT2D eigenvalue weighted by molar-refractivity contribution is 5.85. The number of fused-ring (bicyclic) bond motifs is 1. The highest BCUT2D eigenvalue weighted by atomic mass is 16.5. The summed E-state index contributed by atoms with van der Waals surface area (Å²) in [5.74, 6) is 1.33. The summed E-state index contributed by atoms with van der Waals surface area (Å²) in [4.78, 5) is 8.48. The zero-order valence-corrected chi connectivity index (χ0v) is 10.6. The van der Waals surface area contributed by atoms with E-state index in [1.165, 1.54) is 6.33 Å². The summed E-state index contributed by atoms with van der Waals surface area (Å²) in [6.07, 6.45) is 4.34. The van der Waals surface area contributed by atoms with Crippen LogP contribution in [0.5, 0.6) is 0 Å². The Labute approximate surface area is 110 Å². The van der Waals surface area contributed by atoms with Gasteiger partial charge in [0.25, 0.3) is 0 Å². The van der Waals surface area contributed by atoms with Crippen molar-refractivity contribution in [2.75, 3.05) is 31.7 Å². The zero-order chi connectivity index (χ0) is 13.1. The van der Waals surface area contributed by atoms with Crippen molar-refractivity contribution >= 4 is 16.9 Å². The molecule has 2 aromatic heterocycles. The summed E-state index contributed by atoms with van der Waals surface area (Å²) in [6.45, 7) is 2.99. The van der Waals surface area contributed by atoms with E-state index in [2.05, 4.69) is 20.4 Å². The van der Waals surface area contributed by atoms with Crippen molar-refractivity contribution in [1.29, 1.82) is 0 Å². The first-order valence-corrected chi connectivity index (χ1v) is 6.47. The fourth-order valence-corrected chi connectivity index (χ4v) is 2.28. The maximum absolute atomic E-state index is 8.98. The number of anilines is 1. The lowest BCUT2D eigenvalue weighted by Crippen LogP contribution is -2.15. The van der Waals surface area contributed by atoms with E-state index in [9.17, 15) is 0 Å². The highest BCUT2D eigenvalue weighted by Crippen LogP contribution is 2.20.